The van der Waals surface area contributed by atoms with Gasteiger partial charge in [0.2, 0.25) is 0 Å². The van der Waals surface area contributed by atoms with E-state index < -0.39 is 11.7 Å². The van der Waals surface area contributed by atoms with Crippen molar-refractivity contribution in [1.82, 2.24) is 5.32 Å². The number of rotatable bonds is 8. The van der Waals surface area contributed by atoms with Crippen molar-refractivity contribution >= 4 is 22.9 Å². The average Bonchev–Trinajstić information content (AvgIpc) is 3.21. The predicted molar refractivity (Wildman–Crippen MR) is 108 cm³/mol. The van der Waals surface area contributed by atoms with Crippen LogP contribution >= 0.6 is 22.9 Å². The van der Waals surface area contributed by atoms with Gasteiger partial charge in [0, 0.05) is 16.4 Å². The molecule has 1 heterocycles. The van der Waals surface area contributed by atoms with Crippen LogP contribution in [0.5, 0.6) is 0 Å². The lowest BCUT2D eigenvalue weighted by Crippen LogP contribution is -2.32. The molecule has 0 aliphatic heterocycles. The molecule has 3 rings (SSSR count). The molecule has 0 bridgehead atoms. The second-order valence-corrected chi connectivity index (χ2v) is 7.61. The van der Waals surface area contributed by atoms with E-state index >= 15 is 0 Å². The quantitative estimate of drug-likeness (QED) is 0.503. The maximum absolute atomic E-state index is 11.3. The van der Waals surface area contributed by atoms with Crippen molar-refractivity contribution in [2.24, 2.45) is 0 Å². The van der Waals surface area contributed by atoms with Crippen molar-refractivity contribution in [3.8, 4) is 0 Å². The molecule has 2 aromatic carbocycles. The third kappa shape index (κ3) is 4.53. The summed E-state index contributed by atoms with van der Waals surface area (Å²) in [5.74, 6) is 0. The van der Waals surface area contributed by atoms with Crippen LogP contribution in [-0.2, 0) is 5.60 Å². The van der Waals surface area contributed by atoms with E-state index in [1.807, 2.05) is 60.0 Å². The summed E-state index contributed by atoms with van der Waals surface area (Å²) in [5.41, 5.74) is 0.661. The SMILES string of the molecule is OC(CNCCC(O)(c1ccccc1)c1cccs1)c1ccc(Cl)cc1. The number of hydrogen-bond donors (Lipinski definition) is 3. The maximum atomic E-state index is 11.3. The lowest BCUT2D eigenvalue weighted by Gasteiger charge is -2.28. The van der Waals surface area contributed by atoms with Gasteiger partial charge < -0.3 is 15.5 Å². The molecule has 0 aliphatic rings. The largest absolute Gasteiger partial charge is 0.387 e. The molecule has 3 N–H and O–H groups in total. The summed E-state index contributed by atoms with van der Waals surface area (Å²) in [4.78, 5) is 0.920. The van der Waals surface area contributed by atoms with Crippen molar-refractivity contribution < 1.29 is 10.2 Å². The highest BCUT2D eigenvalue weighted by Gasteiger charge is 2.31. The Morgan fingerprint density at radius 1 is 1.00 bits per heavy atom. The molecular formula is C21H22ClNO2S. The first-order valence-corrected chi connectivity index (χ1v) is 9.81. The van der Waals surface area contributed by atoms with E-state index in [0.717, 1.165) is 16.0 Å². The standard InChI is InChI=1S/C21H22ClNO2S/c22-18-10-8-16(9-11-18)19(24)15-23-13-12-21(25,20-7-4-14-26-20)17-5-2-1-3-6-17/h1-11,14,19,23-25H,12-13,15H2. The number of aliphatic hydroxyl groups is 2. The van der Waals surface area contributed by atoms with Gasteiger partial charge in [-0.1, -0.05) is 60.1 Å². The molecule has 0 spiro atoms. The van der Waals surface area contributed by atoms with Gasteiger partial charge in [0.15, 0.2) is 0 Å². The molecule has 0 fully saturated rings. The molecule has 3 aromatic rings. The molecule has 0 amide bonds. The third-order valence-corrected chi connectivity index (χ3v) is 5.71. The van der Waals surface area contributed by atoms with Gasteiger partial charge in [-0.3, -0.25) is 0 Å². The Kier molecular flexibility index (Phi) is 6.46. The van der Waals surface area contributed by atoms with Gasteiger partial charge in [0.05, 0.1) is 6.10 Å². The van der Waals surface area contributed by atoms with Gasteiger partial charge in [0.25, 0.3) is 0 Å². The molecule has 1 aromatic heterocycles. The minimum atomic E-state index is -1.03. The monoisotopic (exact) mass is 387 g/mol. The third-order valence-electron chi connectivity index (χ3n) is 4.44. The summed E-state index contributed by atoms with van der Waals surface area (Å²) in [6, 6.07) is 20.8. The van der Waals surface area contributed by atoms with E-state index in [9.17, 15) is 10.2 Å². The van der Waals surface area contributed by atoms with Crippen LogP contribution in [0, 0.1) is 0 Å². The topological polar surface area (TPSA) is 52.5 Å². The normalized spacial score (nSPS) is 14.7. The van der Waals surface area contributed by atoms with Crippen LogP contribution in [0.4, 0.5) is 0 Å². The summed E-state index contributed by atoms with van der Waals surface area (Å²) < 4.78 is 0. The Labute approximate surface area is 162 Å². The Morgan fingerprint density at radius 2 is 1.73 bits per heavy atom. The van der Waals surface area contributed by atoms with E-state index in [4.69, 9.17) is 11.6 Å². The highest BCUT2D eigenvalue weighted by atomic mass is 35.5. The molecule has 5 heteroatoms. The van der Waals surface area contributed by atoms with E-state index in [0.29, 0.717) is 24.5 Å². The van der Waals surface area contributed by atoms with Crippen molar-refractivity contribution in [2.45, 2.75) is 18.1 Å². The number of hydrogen-bond acceptors (Lipinski definition) is 4. The first-order valence-electron chi connectivity index (χ1n) is 8.56. The zero-order valence-corrected chi connectivity index (χ0v) is 15.9. The van der Waals surface area contributed by atoms with Gasteiger partial charge in [-0.15, -0.1) is 11.3 Å². The summed E-state index contributed by atoms with van der Waals surface area (Å²) in [7, 11) is 0. The zero-order chi connectivity index (χ0) is 18.4. The minimum absolute atomic E-state index is 0.414. The van der Waals surface area contributed by atoms with Crippen LogP contribution in [0.25, 0.3) is 0 Å². The molecule has 0 aliphatic carbocycles. The van der Waals surface area contributed by atoms with Crippen molar-refractivity contribution in [3.05, 3.63) is 93.1 Å². The van der Waals surface area contributed by atoms with Gasteiger partial charge in [-0.2, -0.15) is 0 Å². The van der Waals surface area contributed by atoms with Gasteiger partial charge in [0.1, 0.15) is 5.60 Å². The number of nitrogens with one attached hydrogen (secondary N) is 1. The second-order valence-electron chi connectivity index (χ2n) is 6.23. The highest BCUT2D eigenvalue weighted by molar-refractivity contribution is 7.10. The first kappa shape index (κ1) is 19.1. The van der Waals surface area contributed by atoms with Gasteiger partial charge in [-0.05, 0) is 47.7 Å². The Balaban J connectivity index is 1.61. The van der Waals surface area contributed by atoms with Crippen LogP contribution < -0.4 is 5.32 Å². The van der Waals surface area contributed by atoms with Crippen LogP contribution in [0.1, 0.15) is 28.5 Å². The zero-order valence-electron chi connectivity index (χ0n) is 14.3. The van der Waals surface area contributed by atoms with Crippen LogP contribution in [0.15, 0.2) is 72.1 Å². The van der Waals surface area contributed by atoms with Crippen LogP contribution in [-0.4, -0.2) is 23.3 Å². The molecule has 2 atom stereocenters. The number of thiophene rings is 1. The van der Waals surface area contributed by atoms with Crippen LogP contribution in [0.3, 0.4) is 0 Å². The Hall–Kier alpha value is -1.69. The lowest BCUT2D eigenvalue weighted by molar-refractivity contribution is 0.0732. The van der Waals surface area contributed by atoms with E-state index in [1.54, 1.807) is 23.5 Å². The van der Waals surface area contributed by atoms with Crippen molar-refractivity contribution in [1.29, 1.82) is 0 Å². The average molecular weight is 388 g/mol. The smallest absolute Gasteiger partial charge is 0.125 e. The molecular weight excluding hydrogens is 366 g/mol. The number of halogens is 1. The molecule has 0 radical (unpaired) electrons. The molecule has 26 heavy (non-hydrogen) atoms. The van der Waals surface area contributed by atoms with Crippen LogP contribution in [0.2, 0.25) is 5.02 Å². The fraction of sp³-hybridized carbons (Fsp3) is 0.238. The summed E-state index contributed by atoms with van der Waals surface area (Å²) in [6.07, 6.45) is -0.0935. The molecule has 2 unspecified atom stereocenters. The van der Waals surface area contributed by atoms with Gasteiger partial charge >= 0.3 is 0 Å². The second kappa shape index (κ2) is 8.80. The Bertz CT molecular complexity index is 793. The highest BCUT2D eigenvalue weighted by Crippen LogP contribution is 2.35. The molecule has 0 saturated heterocycles. The molecule has 136 valence electrons. The van der Waals surface area contributed by atoms with E-state index in [-0.39, 0.29) is 0 Å². The summed E-state index contributed by atoms with van der Waals surface area (Å²) >= 11 is 7.42. The minimum Gasteiger partial charge on any atom is -0.387 e. The van der Waals surface area contributed by atoms with E-state index in [1.165, 1.54) is 0 Å². The number of aliphatic hydroxyl groups excluding tert-OH is 1. The van der Waals surface area contributed by atoms with Gasteiger partial charge in [-0.25, -0.2) is 0 Å². The molecule has 0 saturated carbocycles. The predicted octanol–water partition coefficient (Wildman–Crippen LogP) is 4.35. The van der Waals surface area contributed by atoms with Crippen molar-refractivity contribution in [3.63, 3.8) is 0 Å². The van der Waals surface area contributed by atoms with Crippen molar-refractivity contribution in [2.75, 3.05) is 13.1 Å². The fourth-order valence-corrected chi connectivity index (χ4v) is 3.95. The first-order chi connectivity index (χ1) is 12.6. The summed E-state index contributed by atoms with van der Waals surface area (Å²) in [5, 5.41) is 27.5. The fourth-order valence-electron chi connectivity index (χ4n) is 2.95. The summed E-state index contributed by atoms with van der Waals surface area (Å²) in [6.45, 7) is 0.991. The van der Waals surface area contributed by atoms with E-state index in [2.05, 4.69) is 5.32 Å². The number of benzene rings is 2. The maximum Gasteiger partial charge on any atom is 0.125 e. The Morgan fingerprint density at radius 3 is 2.38 bits per heavy atom. The molecule has 3 nitrogen and oxygen atoms in total. The lowest BCUT2D eigenvalue weighted by atomic mass is 9.89.